The van der Waals surface area contributed by atoms with E-state index in [9.17, 15) is 13.0 Å². The number of benzene rings is 1. The van der Waals surface area contributed by atoms with Gasteiger partial charge in [-0.1, -0.05) is 0 Å². The van der Waals surface area contributed by atoms with Crippen molar-refractivity contribution >= 4 is 10.1 Å². The molecule has 1 aromatic rings. The quantitative estimate of drug-likeness (QED) is 0.693. The normalized spacial score (nSPS) is 11.1. The van der Waals surface area contributed by atoms with E-state index < -0.39 is 10.1 Å². The molecule has 0 radical (unpaired) electrons. The summed E-state index contributed by atoms with van der Waals surface area (Å²) in [5, 5.41) is 0. The Morgan fingerprint density at radius 1 is 1.14 bits per heavy atom. The molecule has 0 unspecified atom stereocenters. The van der Waals surface area contributed by atoms with E-state index in [1.165, 1.54) is 26.4 Å². The van der Waals surface area contributed by atoms with Gasteiger partial charge in [-0.15, -0.1) is 0 Å². The van der Waals surface area contributed by atoms with Crippen LogP contribution >= 0.6 is 0 Å². The first-order chi connectivity index (χ1) is 6.49. The summed E-state index contributed by atoms with van der Waals surface area (Å²) in [5.41, 5.74) is 0. The van der Waals surface area contributed by atoms with Crippen LogP contribution in [0.4, 0.5) is 0 Å². The molecule has 0 aromatic heterocycles. The molecule has 0 atom stereocenters. The summed E-state index contributed by atoms with van der Waals surface area (Å²) in [6, 6.07) is 3.66. The molecule has 0 aliphatic carbocycles. The fraction of sp³-hybridized carbons (Fsp3) is 0.250. The summed E-state index contributed by atoms with van der Waals surface area (Å²) in [7, 11) is -1.67. The third-order valence-corrected chi connectivity index (χ3v) is 2.47. The molecule has 1 aromatic carbocycles. The van der Waals surface area contributed by atoms with Crippen LogP contribution in [0.2, 0.25) is 0 Å². The highest BCUT2D eigenvalue weighted by Crippen LogP contribution is 2.28. The first kappa shape index (κ1) is 10.8. The van der Waals surface area contributed by atoms with Gasteiger partial charge in [-0.05, 0) is 12.1 Å². The number of rotatable bonds is 3. The molecule has 14 heavy (non-hydrogen) atoms. The zero-order valence-corrected chi connectivity index (χ0v) is 8.50. The van der Waals surface area contributed by atoms with Crippen LogP contribution in [0.25, 0.3) is 0 Å². The SMILES string of the molecule is COc1ccc(S(=O)(=O)[O-])cc1OC. The second-order valence-electron chi connectivity index (χ2n) is 2.47. The minimum atomic E-state index is -4.45. The van der Waals surface area contributed by atoms with Crippen LogP contribution in [0.15, 0.2) is 23.1 Å². The number of hydrogen-bond acceptors (Lipinski definition) is 5. The lowest BCUT2D eigenvalue weighted by Gasteiger charge is -2.11. The van der Waals surface area contributed by atoms with Crippen molar-refractivity contribution in [3.63, 3.8) is 0 Å². The van der Waals surface area contributed by atoms with Gasteiger partial charge in [-0.25, -0.2) is 8.42 Å². The maximum absolute atomic E-state index is 10.6. The van der Waals surface area contributed by atoms with Crippen LogP contribution in [-0.4, -0.2) is 27.2 Å². The maximum Gasteiger partial charge on any atom is 0.161 e. The summed E-state index contributed by atoms with van der Waals surface area (Å²) < 4.78 is 41.7. The van der Waals surface area contributed by atoms with Crippen molar-refractivity contribution in [2.45, 2.75) is 4.90 Å². The fourth-order valence-electron chi connectivity index (χ4n) is 0.972. The van der Waals surface area contributed by atoms with Crippen molar-refractivity contribution in [1.29, 1.82) is 0 Å². The summed E-state index contributed by atoms with van der Waals surface area (Å²) in [5.74, 6) is 0.587. The van der Waals surface area contributed by atoms with E-state index in [1.807, 2.05) is 0 Å². The standard InChI is InChI=1S/C8H10O5S/c1-12-7-4-3-6(14(9,10)11)5-8(7)13-2/h3-5H,1-2H3,(H,9,10,11)/p-1. The average Bonchev–Trinajstić information content (AvgIpc) is 2.15. The zero-order valence-electron chi connectivity index (χ0n) is 7.68. The van der Waals surface area contributed by atoms with Crippen LogP contribution in [0, 0.1) is 0 Å². The van der Waals surface area contributed by atoms with Crippen molar-refractivity contribution in [2.75, 3.05) is 14.2 Å². The molecular formula is C8H9O5S-. The lowest BCUT2D eigenvalue weighted by atomic mass is 10.3. The van der Waals surface area contributed by atoms with Crippen molar-refractivity contribution in [3.8, 4) is 11.5 Å². The second kappa shape index (κ2) is 3.85. The van der Waals surface area contributed by atoms with E-state index in [4.69, 9.17) is 9.47 Å². The van der Waals surface area contributed by atoms with Gasteiger partial charge in [0.05, 0.1) is 19.1 Å². The first-order valence-electron chi connectivity index (χ1n) is 3.67. The van der Waals surface area contributed by atoms with E-state index in [-0.39, 0.29) is 10.6 Å². The molecule has 1 rings (SSSR count). The van der Waals surface area contributed by atoms with E-state index in [0.29, 0.717) is 5.75 Å². The molecule has 0 fully saturated rings. The summed E-state index contributed by atoms with van der Waals surface area (Å²) >= 11 is 0. The van der Waals surface area contributed by atoms with Gasteiger partial charge < -0.3 is 14.0 Å². The molecule has 0 spiro atoms. The molecule has 0 saturated heterocycles. The maximum atomic E-state index is 10.6. The molecule has 0 heterocycles. The number of ether oxygens (including phenoxy) is 2. The van der Waals surface area contributed by atoms with Gasteiger partial charge in [-0.3, -0.25) is 0 Å². The predicted molar refractivity (Wildman–Crippen MR) is 47.5 cm³/mol. The van der Waals surface area contributed by atoms with Gasteiger partial charge in [0.25, 0.3) is 0 Å². The van der Waals surface area contributed by atoms with E-state index in [2.05, 4.69) is 0 Å². The molecule has 0 bridgehead atoms. The molecule has 0 N–H and O–H groups in total. The minimum Gasteiger partial charge on any atom is -0.744 e. The molecule has 0 amide bonds. The zero-order chi connectivity index (χ0) is 10.8. The summed E-state index contributed by atoms with van der Waals surface area (Å²) in [4.78, 5) is -0.338. The largest absolute Gasteiger partial charge is 0.744 e. The third kappa shape index (κ3) is 2.15. The molecule has 0 aliphatic rings. The smallest absolute Gasteiger partial charge is 0.161 e. The highest BCUT2D eigenvalue weighted by molar-refractivity contribution is 7.85. The average molecular weight is 217 g/mol. The summed E-state index contributed by atoms with van der Waals surface area (Å²) in [6.45, 7) is 0. The lowest BCUT2D eigenvalue weighted by molar-refractivity contribution is 0.353. The van der Waals surface area contributed by atoms with Crippen LogP contribution in [0.5, 0.6) is 11.5 Å². The van der Waals surface area contributed by atoms with Crippen molar-refractivity contribution in [1.82, 2.24) is 0 Å². The Morgan fingerprint density at radius 3 is 2.14 bits per heavy atom. The van der Waals surface area contributed by atoms with Gasteiger partial charge in [0.1, 0.15) is 10.1 Å². The van der Waals surface area contributed by atoms with Crippen molar-refractivity contribution in [3.05, 3.63) is 18.2 Å². The molecule has 5 nitrogen and oxygen atoms in total. The van der Waals surface area contributed by atoms with E-state index in [0.717, 1.165) is 6.07 Å². The molecule has 6 heteroatoms. The first-order valence-corrected chi connectivity index (χ1v) is 5.08. The van der Waals surface area contributed by atoms with Gasteiger partial charge in [0.2, 0.25) is 0 Å². The highest BCUT2D eigenvalue weighted by Gasteiger charge is 2.07. The Morgan fingerprint density at radius 2 is 1.71 bits per heavy atom. The van der Waals surface area contributed by atoms with Crippen LogP contribution in [-0.2, 0) is 10.1 Å². The predicted octanol–water partition coefficient (Wildman–Crippen LogP) is 0.608. The van der Waals surface area contributed by atoms with E-state index in [1.54, 1.807) is 0 Å². The fourth-order valence-corrected chi connectivity index (χ4v) is 1.46. The Hall–Kier alpha value is -1.27. The molecule has 0 saturated carbocycles. The van der Waals surface area contributed by atoms with Crippen LogP contribution in [0.1, 0.15) is 0 Å². The number of hydrogen-bond donors (Lipinski definition) is 0. The highest BCUT2D eigenvalue weighted by atomic mass is 32.2. The van der Waals surface area contributed by atoms with Gasteiger partial charge in [0, 0.05) is 6.07 Å². The van der Waals surface area contributed by atoms with Gasteiger partial charge >= 0.3 is 0 Å². The lowest BCUT2D eigenvalue weighted by Crippen LogP contribution is -1.99. The van der Waals surface area contributed by atoms with E-state index >= 15 is 0 Å². The van der Waals surface area contributed by atoms with Crippen molar-refractivity contribution < 1.29 is 22.4 Å². The Balaban J connectivity index is 3.28. The topological polar surface area (TPSA) is 75.7 Å². The van der Waals surface area contributed by atoms with Crippen LogP contribution < -0.4 is 9.47 Å². The second-order valence-corrected chi connectivity index (χ2v) is 3.85. The Labute approximate surface area is 82.0 Å². The molecule has 78 valence electrons. The van der Waals surface area contributed by atoms with Gasteiger partial charge in [-0.2, -0.15) is 0 Å². The number of methoxy groups -OCH3 is 2. The van der Waals surface area contributed by atoms with Crippen molar-refractivity contribution in [2.24, 2.45) is 0 Å². The van der Waals surface area contributed by atoms with Crippen LogP contribution in [0.3, 0.4) is 0 Å². The third-order valence-electron chi connectivity index (χ3n) is 1.64. The Kier molecular flexibility index (Phi) is 2.97. The molecule has 0 aliphatic heterocycles. The summed E-state index contributed by atoms with van der Waals surface area (Å²) in [6.07, 6.45) is 0. The minimum absolute atomic E-state index is 0.212. The Bertz CT molecular complexity index is 423. The monoisotopic (exact) mass is 217 g/mol. The molecular weight excluding hydrogens is 208 g/mol. The van der Waals surface area contributed by atoms with Gasteiger partial charge in [0.15, 0.2) is 11.5 Å².